The molecule has 9 heteroatoms. The van der Waals surface area contributed by atoms with Crippen molar-refractivity contribution in [2.45, 2.75) is 0 Å². The summed E-state index contributed by atoms with van der Waals surface area (Å²) in [5.74, 6) is -0.974. The molecular weight excluding hydrogens is 408 g/mol. The molecule has 2 aromatic rings. The van der Waals surface area contributed by atoms with Gasteiger partial charge in [-0.3, -0.25) is 9.59 Å². The average Bonchev–Trinajstić information content (AvgIpc) is 2.59. The first-order chi connectivity index (χ1) is 11.9. The molecule has 2 aromatic carbocycles. The van der Waals surface area contributed by atoms with Crippen LogP contribution in [0.5, 0.6) is 0 Å². The first-order valence-corrected chi connectivity index (χ1v) is 8.39. The summed E-state index contributed by atoms with van der Waals surface area (Å²) < 4.78 is 0. The fourth-order valence-electron chi connectivity index (χ4n) is 1.73. The average molecular weight is 419 g/mol. The summed E-state index contributed by atoms with van der Waals surface area (Å²) >= 11 is 23.5. The van der Waals surface area contributed by atoms with Gasteiger partial charge in [0.1, 0.15) is 0 Å². The lowest BCUT2D eigenvalue weighted by Crippen LogP contribution is -2.34. The number of hydrogen-bond donors (Lipinski definition) is 2. The molecule has 0 aliphatic carbocycles. The van der Waals surface area contributed by atoms with Crippen LogP contribution >= 0.6 is 46.4 Å². The molecule has 0 bridgehead atoms. The fourth-order valence-corrected chi connectivity index (χ4v) is 2.39. The lowest BCUT2D eigenvalue weighted by molar-refractivity contribution is -0.120. The number of carbonyl (C=O) groups is 2. The molecule has 2 rings (SSSR count). The Bertz CT molecular complexity index is 840. The topological polar surface area (TPSA) is 70.6 Å². The van der Waals surface area contributed by atoms with Crippen LogP contribution in [0.1, 0.15) is 15.9 Å². The molecule has 2 N–H and O–H groups in total. The minimum atomic E-state index is -0.511. The van der Waals surface area contributed by atoms with Gasteiger partial charge in [0.2, 0.25) is 0 Å². The number of rotatable bonds is 5. The Kier molecular flexibility index (Phi) is 7.08. The highest BCUT2D eigenvalue weighted by Crippen LogP contribution is 2.24. The van der Waals surface area contributed by atoms with Gasteiger partial charge in [0.15, 0.2) is 0 Å². The van der Waals surface area contributed by atoms with Crippen molar-refractivity contribution in [2.24, 2.45) is 5.10 Å². The highest BCUT2D eigenvalue weighted by Gasteiger charge is 2.09. The van der Waals surface area contributed by atoms with E-state index < -0.39 is 11.8 Å². The molecule has 0 atom stereocenters. The van der Waals surface area contributed by atoms with Gasteiger partial charge in [0.05, 0.1) is 32.8 Å². The fraction of sp³-hybridized carbons (Fsp3) is 0.0625. The third-order valence-electron chi connectivity index (χ3n) is 2.97. The van der Waals surface area contributed by atoms with Crippen LogP contribution in [0.3, 0.4) is 0 Å². The zero-order valence-electron chi connectivity index (χ0n) is 12.5. The number of carbonyl (C=O) groups excluding carboxylic acids is 2. The van der Waals surface area contributed by atoms with Crippen LogP contribution in [0.2, 0.25) is 20.1 Å². The summed E-state index contributed by atoms with van der Waals surface area (Å²) in [5.41, 5.74) is 3.11. The monoisotopic (exact) mass is 417 g/mol. The molecule has 0 fully saturated rings. The summed E-state index contributed by atoms with van der Waals surface area (Å²) in [7, 11) is 0. The number of nitrogens with zero attached hydrogens (tertiary/aromatic N) is 1. The molecule has 25 heavy (non-hydrogen) atoms. The smallest absolute Gasteiger partial charge is 0.259 e. The minimum Gasteiger partial charge on any atom is -0.343 e. The Morgan fingerprint density at radius 2 is 1.76 bits per heavy atom. The zero-order chi connectivity index (χ0) is 18.4. The zero-order valence-corrected chi connectivity index (χ0v) is 15.5. The molecule has 0 spiro atoms. The van der Waals surface area contributed by atoms with E-state index in [1.165, 1.54) is 24.4 Å². The highest BCUT2D eigenvalue weighted by atomic mass is 35.5. The number of halogens is 4. The van der Waals surface area contributed by atoms with Gasteiger partial charge in [-0.2, -0.15) is 5.10 Å². The maximum Gasteiger partial charge on any atom is 0.259 e. The summed E-state index contributed by atoms with van der Waals surface area (Å²) in [5, 5.41) is 7.50. The van der Waals surface area contributed by atoms with E-state index in [0.29, 0.717) is 20.6 Å². The lowest BCUT2D eigenvalue weighted by Gasteiger charge is -2.05. The maximum absolute atomic E-state index is 11.9. The predicted octanol–water partition coefficient (Wildman–Crippen LogP) is 4.18. The molecule has 0 aliphatic heterocycles. The number of hydrazone groups is 1. The van der Waals surface area contributed by atoms with Crippen molar-refractivity contribution in [3.05, 3.63) is 67.6 Å². The number of benzene rings is 2. The van der Waals surface area contributed by atoms with Gasteiger partial charge in [-0.05, 0) is 24.3 Å². The van der Waals surface area contributed by atoms with E-state index >= 15 is 0 Å². The molecule has 130 valence electrons. The second-order valence-electron chi connectivity index (χ2n) is 4.75. The van der Waals surface area contributed by atoms with Crippen LogP contribution in [-0.2, 0) is 4.79 Å². The predicted molar refractivity (Wildman–Crippen MR) is 101 cm³/mol. The molecule has 0 aromatic heterocycles. The molecule has 0 saturated heterocycles. The van der Waals surface area contributed by atoms with Gasteiger partial charge < -0.3 is 5.32 Å². The molecule has 0 unspecified atom stereocenters. The molecule has 2 amide bonds. The maximum atomic E-state index is 11.9. The van der Waals surface area contributed by atoms with E-state index in [1.54, 1.807) is 18.2 Å². The van der Waals surface area contributed by atoms with Crippen molar-refractivity contribution in [2.75, 3.05) is 6.54 Å². The van der Waals surface area contributed by atoms with Crippen LogP contribution in [0.15, 0.2) is 41.5 Å². The van der Waals surface area contributed by atoms with E-state index in [1.807, 2.05) is 0 Å². The Balaban J connectivity index is 1.86. The third kappa shape index (κ3) is 5.61. The van der Waals surface area contributed by atoms with Crippen LogP contribution in [0, 0.1) is 0 Å². The Morgan fingerprint density at radius 1 is 1.00 bits per heavy atom. The number of nitrogens with one attached hydrogen (secondary N) is 2. The van der Waals surface area contributed by atoms with Gasteiger partial charge >= 0.3 is 0 Å². The molecule has 0 radical (unpaired) electrons. The van der Waals surface area contributed by atoms with Crippen LogP contribution < -0.4 is 10.7 Å². The molecule has 0 heterocycles. The van der Waals surface area contributed by atoms with E-state index in [-0.39, 0.29) is 17.1 Å². The Hall–Kier alpha value is -1.79. The van der Waals surface area contributed by atoms with Gasteiger partial charge in [0.25, 0.3) is 11.8 Å². The first-order valence-electron chi connectivity index (χ1n) is 6.87. The molecule has 0 aliphatic rings. The highest BCUT2D eigenvalue weighted by molar-refractivity contribution is 6.43. The van der Waals surface area contributed by atoms with Crippen molar-refractivity contribution >= 4 is 64.4 Å². The Labute approximate surface area is 163 Å². The normalized spacial score (nSPS) is 10.7. The second kappa shape index (κ2) is 9.06. The number of hydrogen-bond acceptors (Lipinski definition) is 3. The van der Waals surface area contributed by atoms with Crippen LogP contribution in [-0.4, -0.2) is 24.6 Å². The summed E-state index contributed by atoms with van der Waals surface area (Å²) in [4.78, 5) is 23.6. The van der Waals surface area contributed by atoms with Gasteiger partial charge in [-0.1, -0.05) is 58.5 Å². The summed E-state index contributed by atoms with van der Waals surface area (Å²) in [6.07, 6.45) is 1.35. The summed E-state index contributed by atoms with van der Waals surface area (Å²) in [6.45, 7) is -0.264. The van der Waals surface area contributed by atoms with E-state index in [2.05, 4.69) is 15.8 Å². The van der Waals surface area contributed by atoms with Crippen molar-refractivity contribution in [3.63, 3.8) is 0 Å². The molecular formula is C16H11Cl4N3O2. The minimum absolute atomic E-state index is 0.252. The van der Waals surface area contributed by atoms with E-state index in [0.717, 1.165) is 0 Å². The lowest BCUT2D eigenvalue weighted by atomic mass is 10.2. The third-order valence-corrected chi connectivity index (χ3v) is 4.54. The van der Waals surface area contributed by atoms with Gasteiger partial charge in [-0.25, -0.2) is 5.43 Å². The molecule has 5 nitrogen and oxygen atoms in total. The SMILES string of the molecule is O=C(CNC(=O)c1ccc(Cl)c(Cl)c1)NN=Cc1cccc(Cl)c1Cl. The van der Waals surface area contributed by atoms with Crippen molar-refractivity contribution in [1.29, 1.82) is 0 Å². The van der Waals surface area contributed by atoms with Gasteiger partial charge in [-0.15, -0.1) is 0 Å². The van der Waals surface area contributed by atoms with Gasteiger partial charge in [0, 0.05) is 11.1 Å². The molecule has 0 saturated carbocycles. The van der Waals surface area contributed by atoms with Crippen LogP contribution in [0.4, 0.5) is 0 Å². The van der Waals surface area contributed by atoms with Crippen molar-refractivity contribution < 1.29 is 9.59 Å². The second-order valence-corrected chi connectivity index (χ2v) is 6.35. The van der Waals surface area contributed by atoms with E-state index in [4.69, 9.17) is 46.4 Å². The van der Waals surface area contributed by atoms with E-state index in [9.17, 15) is 9.59 Å². The van der Waals surface area contributed by atoms with Crippen LogP contribution in [0.25, 0.3) is 0 Å². The standard InChI is InChI=1S/C16H11Cl4N3O2/c17-11-5-4-9(6-13(11)19)16(25)21-8-14(24)23-22-7-10-2-1-3-12(18)15(10)20/h1-7H,8H2,(H,21,25)(H,23,24). The number of amides is 2. The van der Waals surface area contributed by atoms with Crippen molar-refractivity contribution in [1.82, 2.24) is 10.7 Å². The summed E-state index contributed by atoms with van der Waals surface area (Å²) in [6, 6.07) is 9.44. The quantitative estimate of drug-likeness (QED) is 0.564. The van der Waals surface area contributed by atoms with Crippen molar-refractivity contribution in [3.8, 4) is 0 Å². The Morgan fingerprint density at radius 3 is 2.48 bits per heavy atom. The first kappa shape index (κ1) is 19.5. The largest absolute Gasteiger partial charge is 0.343 e.